The Balaban J connectivity index is 2.20. The van der Waals surface area contributed by atoms with E-state index in [0.29, 0.717) is 16.8 Å². The molecule has 0 aliphatic heterocycles. The average molecular weight is 329 g/mol. The lowest BCUT2D eigenvalue weighted by Gasteiger charge is -2.04. The molecule has 0 fully saturated rings. The first kappa shape index (κ1) is 12.9. The molecule has 0 spiro atoms. The van der Waals surface area contributed by atoms with Gasteiger partial charge in [0.1, 0.15) is 0 Å². The summed E-state index contributed by atoms with van der Waals surface area (Å²) in [4.78, 5) is 12.7. The standard InChI is InChI=1S/C16H13BrN2O/c1-19-9-13(11-4-2-3-5-15(11)19)16(20)12-8-10(18)6-7-14(12)17/h2-9H,18H2,1H3. The van der Waals surface area contributed by atoms with Crippen LogP contribution in [0.15, 0.2) is 53.1 Å². The number of benzene rings is 2. The molecule has 2 N–H and O–H groups in total. The molecular weight excluding hydrogens is 316 g/mol. The van der Waals surface area contributed by atoms with Crippen molar-refractivity contribution in [2.75, 3.05) is 5.73 Å². The van der Waals surface area contributed by atoms with E-state index in [1.807, 2.05) is 42.1 Å². The number of fused-ring (bicyclic) bond motifs is 1. The number of carbonyl (C=O) groups is 1. The number of nitrogen functional groups attached to an aromatic ring is 1. The van der Waals surface area contributed by atoms with Crippen molar-refractivity contribution in [1.82, 2.24) is 4.57 Å². The summed E-state index contributed by atoms with van der Waals surface area (Å²) in [6.45, 7) is 0. The van der Waals surface area contributed by atoms with E-state index in [0.717, 1.165) is 15.4 Å². The van der Waals surface area contributed by atoms with E-state index in [9.17, 15) is 4.79 Å². The highest BCUT2D eigenvalue weighted by Gasteiger charge is 2.17. The number of anilines is 1. The normalized spacial score (nSPS) is 10.9. The Morgan fingerprint density at radius 2 is 1.90 bits per heavy atom. The number of hydrogen-bond donors (Lipinski definition) is 1. The minimum atomic E-state index is -0.0269. The highest BCUT2D eigenvalue weighted by atomic mass is 79.9. The second-order valence-corrected chi connectivity index (χ2v) is 5.59. The fourth-order valence-corrected chi connectivity index (χ4v) is 2.81. The van der Waals surface area contributed by atoms with Gasteiger partial charge in [0, 0.05) is 45.4 Å². The van der Waals surface area contributed by atoms with E-state index in [-0.39, 0.29) is 5.78 Å². The van der Waals surface area contributed by atoms with E-state index in [2.05, 4.69) is 15.9 Å². The molecule has 100 valence electrons. The number of ketones is 1. The summed E-state index contributed by atoms with van der Waals surface area (Å²) < 4.78 is 2.72. The lowest BCUT2D eigenvalue weighted by atomic mass is 10.0. The molecule has 20 heavy (non-hydrogen) atoms. The summed E-state index contributed by atoms with van der Waals surface area (Å²) in [5, 5.41) is 0.953. The Kier molecular flexibility index (Phi) is 3.10. The van der Waals surface area contributed by atoms with Crippen molar-refractivity contribution in [2.45, 2.75) is 0 Å². The molecule has 0 aliphatic carbocycles. The van der Waals surface area contributed by atoms with Crippen LogP contribution in [0.5, 0.6) is 0 Å². The van der Waals surface area contributed by atoms with Crippen LogP contribution in [0.1, 0.15) is 15.9 Å². The number of halogens is 1. The molecule has 0 bridgehead atoms. The van der Waals surface area contributed by atoms with Crippen molar-refractivity contribution in [3.05, 3.63) is 64.3 Å². The van der Waals surface area contributed by atoms with Crippen molar-refractivity contribution in [3.63, 3.8) is 0 Å². The maximum Gasteiger partial charge on any atom is 0.196 e. The molecule has 0 saturated carbocycles. The number of rotatable bonds is 2. The molecule has 0 unspecified atom stereocenters. The molecule has 0 aliphatic rings. The fraction of sp³-hybridized carbons (Fsp3) is 0.0625. The molecule has 0 radical (unpaired) electrons. The highest BCUT2D eigenvalue weighted by molar-refractivity contribution is 9.10. The Hall–Kier alpha value is -2.07. The summed E-state index contributed by atoms with van der Waals surface area (Å²) in [5.41, 5.74) is 8.68. The highest BCUT2D eigenvalue weighted by Crippen LogP contribution is 2.27. The van der Waals surface area contributed by atoms with Crippen LogP contribution in [0.2, 0.25) is 0 Å². The maximum absolute atomic E-state index is 12.7. The number of para-hydroxylation sites is 1. The van der Waals surface area contributed by atoms with Crippen molar-refractivity contribution in [2.24, 2.45) is 7.05 Å². The third-order valence-electron chi connectivity index (χ3n) is 3.38. The van der Waals surface area contributed by atoms with Crippen LogP contribution in [-0.4, -0.2) is 10.4 Å². The van der Waals surface area contributed by atoms with Gasteiger partial charge in [-0.3, -0.25) is 4.79 Å². The van der Waals surface area contributed by atoms with Gasteiger partial charge in [0.25, 0.3) is 0 Å². The Labute approximate surface area is 125 Å². The van der Waals surface area contributed by atoms with Crippen LogP contribution in [0.25, 0.3) is 10.9 Å². The lowest BCUT2D eigenvalue weighted by Crippen LogP contribution is -2.03. The van der Waals surface area contributed by atoms with Crippen LogP contribution in [-0.2, 0) is 7.05 Å². The molecule has 0 saturated heterocycles. The van der Waals surface area contributed by atoms with E-state index in [4.69, 9.17) is 5.73 Å². The van der Waals surface area contributed by atoms with Gasteiger partial charge in [-0.05, 0) is 24.3 Å². The minimum Gasteiger partial charge on any atom is -0.399 e. The number of hydrogen-bond acceptors (Lipinski definition) is 2. The van der Waals surface area contributed by atoms with Gasteiger partial charge < -0.3 is 10.3 Å². The van der Waals surface area contributed by atoms with Gasteiger partial charge in [0.15, 0.2) is 5.78 Å². The molecule has 0 amide bonds. The van der Waals surface area contributed by atoms with Gasteiger partial charge in [0.05, 0.1) is 0 Å². The van der Waals surface area contributed by atoms with Crippen molar-refractivity contribution < 1.29 is 4.79 Å². The van der Waals surface area contributed by atoms with Gasteiger partial charge >= 0.3 is 0 Å². The van der Waals surface area contributed by atoms with Crippen molar-refractivity contribution >= 4 is 38.3 Å². The Morgan fingerprint density at radius 1 is 1.15 bits per heavy atom. The first-order chi connectivity index (χ1) is 9.58. The van der Waals surface area contributed by atoms with Gasteiger partial charge in [-0.25, -0.2) is 0 Å². The summed E-state index contributed by atoms with van der Waals surface area (Å²) in [5.74, 6) is -0.0269. The lowest BCUT2D eigenvalue weighted by molar-refractivity contribution is 0.103. The second kappa shape index (κ2) is 4.80. The molecule has 4 heteroatoms. The molecule has 3 nitrogen and oxygen atoms in total. The Morgan fingerprint density at radius 3 is 2.70 bits per heavy atom. The van der Waals surface area contributed by atoms with Crippen LogP contribution in [0.3, 0.4) is 0 Å². The number of aromatic nitrogens is 1. The summed E-state index contributed by atoms with van der Waals surface area (Å²) in [6, 6.07) is 13.1. The number of nitrogens with zero attached hydrogens (tertiary/aromatic N) is 1. The topological polar surface area (TPSA) is 48.0 Å². The van der Waals surface area contributed by atoms with Crippen molar-refractivity contribution in [3.8, 4) is 0 Å². The summed E-state index contributed by atoms with van der Waals surface area (Å²) >= 11 is 3.42. The summed E-state index contributed by atoms with van der Waals surface area (Å²) in [7, 11) is 1.94. The second-order valence-electron chi connectivity index (χ2n) is 4.74. The van der Waals surface area contributed by atoms with Crippen molar-refractivity contribution in [1.29, 1.82) is 0 Å². The van der Waals surface area contributed by atoms with Crippen LogP contribution >= 0.6 is 15.9 Å². The molecular formula is C16H13BrN2O. The number of carbonyl (C=O) groups excluding carboxylic acids is 1. The maximum atomic E-state index is 12.7. The van der Waals surface area contributed by atoms with Gasteiger partial charge in [0.2, 0.25) is 0 Å². The van der Waals surface area contributed by atoms with Gasteiger partial charge in [-0.2, -0.15) is 0 Å². The Bertz CT molecular complexity index is 820. The molecule has 1 aromatic heterocycles. The predicted octanol–water partition coefficient (Wildman–Crippen LogP) is 3.75. The van der Waals surface area contributed by atoms with Gasteiger partial charge in [-0.1, -0.05) is 34.1 Å². The van der Waals surface area contributed by atoms with E-state index < -0.39 is 0 Å². The zero-order chi connectivity index (χ0) is 14.3. The SMILES string of the molecule is Cn1cc(C(=O)c2cc(N)ccc2Br)c2ccccc21. The van der Waals surface area contributed by atoms with Crippen LogP contribution in [0, 0.1) is 0 Å². The quantitative estimate of drug-likeness (QED) is 0.575. The number of aryl methyl sites for hydroxylation is 1. The van der Waals surface area contributed by atoms with Crippen LogP contribution < -0.4 is 5.73 Å². The minimum absolute atomic E-state index is 0.0269. The molecule has 3 rings (SSSR count). The third kappa shape index (κ3) is 2.02. The summed E-state index contributed by atoms with van der Waals surface area (Å²) in [6.07, 6.45) is 1.86. The predicted molar refractivity (Wildman–Crippen MR) is 84.9 cm³/mol. The van der Waals surface area contributed by atoms with E-state index in [1.165, 1.54) is 0 Å². The molecule has 2 aromatic carbocycles. The zero-order valence-corrected chi connectivity index (χ0v) is 12.5. The smallest absolute Gasteiger partial charge is 0.196 e. The number of nitrogens with two attached hydrogens (primary N) is 1. The molecule has 0 atom stereocenters. The fourth-order valence-electron chi connectivity index (χ4n) is 2.38. The first-order valence-electron chi connectivity index (χ1n) is 6.21. The van der Waals surface area contributed by atoms with Crippen LogP contribution in [0.4, 0.5) is 5.69 Å². The zero-order valence-electron chi connectivity index (χ0n) is 10.9. The van der Waals surface area contributed by atoms with E-state index >= 15 is 0 Å². The third-order valence-corrected chi connectivity index (χ3v) is 4.07. The van der Waals surface area contributed by atoms with Gasteiger partial charge in [-0.15, -0.1) is 0 Å². The first-order valence-corrected chi connectivity index (χ1v) is 7.01. The molecule has 1 heterocycles. The average Bonchev–Trinajstić information content (AvgIpc) is 2.79. The monoisotopic (exact) mass is 328 g/mol. The van der Waals surface area contributed by atoms with E-state index in [1.54, 1.807) is 18.2 Å². The largest absolute Gasteiger partial charge is 0.399 e. The molecule has 3 aromatic rings.